The summed E-state index contributed by atoms with van der Waals surface area (Å²) in [7, 11) is 0. The van der Waals surface area contributed by atoms with Gasteiger partial charge in [0.1, 0.15) is 6.04 Å². The Morgan fingerprint density at radius 2 is 2.04 bits per heavy atom. The van der Waals surface area contributed by atoms with Gasteiger partial charge in [-0.25, -0.2) is 0 Å². The van der Waals surface area contributed by atoms with Crippen LogP contribution >= 0.6 is 0 Å². The predicted molar refractivity (Wildman–Crippen MR) is 107 cm³/mol. The van der Waals surface area contributed by atoms with E-state index in [1.54, 1.807) is 17.3 Å². The maximum Gasteiger partial charge on any atom is 0.242 e. The molecule has 154 valence electrons. The molecule has 3 amide bonds. The average molecular weight is 389 g/mol. The number of amides is 3. The van der Waals surface area contributed by atoms with Gasteiger partial charge in [-0.2, -0.15) is 0 Å². The van der Waals surface area contributed by atoms with Crippen LogP contribution in [-0.2, 0) is 20.9 Å². The van der Waals surface area contributed by atoms with E-state index in [0.29, 0.717) is 19.5 Å². The molecule has 1 aromatic rings. The van der Waals surface area contributed by atoms with Crippen LogP contribution in [0.25, 0.3) is 0 Å². The number of nitrogens with one attached hydrogen (secondary N) is 2. The van der Waals surface area contributed by atoms with Gasteiger partial charge in [0, 0.05) is 44.4 Å². The molecule has 7 heteroatoms. The van der Waals surface area contributed by atoms with Crippen LogP contribution in [0.2, 0.25) is 0 Å². The van der Waals surface area contributed by atoms with Gasteiger partial charge in [-0.1, -0.05) is 33.8 Å². The monoisotopic (exact) mass is 388 g/mol. The quantitative estimate of drug-likeness (QED) is 0.746. The lowest BCUT2D eigenvalue weighted by molar-refractivity contribution is -0.143. The Kier molecular flexibility index (Phi) is 7.54. The summed E-state index contributed by atoms with van der Waals surface area (Å²) in [4.78, 5) is 43.0. The fourth-order valence-electron chi connectivity index (χ4n) is 3.13. The number of rotatable bonds is 7. The first-order chi connectivity index (χ1) is 13.2. The lowest BCUT2D eigenvalue weighted by Crippen LogP contribution is -2.49. The standard InChI is InChI=1S/C21H32N4O3/c1-15(21(2,3)4)20(28)25-12-6-8-17(25)19(27)23-11-9-18(26)24-14-16-7-5-10-22-13-16/h5,7,10,13,15,17H,6,8-9,11-12,14H2,1-4H3,(H,23,27)(H,24,26). The first-order valence-electron chi connectivity index (χ1n) is 9.94. The number of likely N-dealkylation sites (tertiary alicyclic amines) is 1. The number of aromatic nitrogens is 1. The van der Waals surface area contributed by atoms with Gasteiger partial charge in [0.15, 0.2) is 0 Å². The normalized spacial score (nSPS) is 17.9. The molecule has 2 N–H and O–H groups in total. The number of carbonyl (C=O) groups excluding carboxylic acids is 3. The minimum absolute atomic E-state index is 0.0272. The Morgan fingerprint density at radius 1 is 1.29 bits per heavy atom. The summed E-state index contributed by atoms with van der Waals surface area (Å²) >= 11 is 0. The SMILES string of the molecule is CC(C(=O)N1CCCC1C(=O)NCCC(=O)NCc1cccnc1)C(C)(C)C. The third kappa shape index (κ3) is 6.04. The average Bonchev–Trinajstić information content (AvgIpc) is 3.15. The zero-order valence-corrected chi connectivity index (χ0v) is 17.3. The largest absolute Gasteiger partial charge is 0.354 e. The third-order valence-electron chi connectivity index (χ3n) is 5.37. The Balaban J connectivity index is 1.77. The molecular formula is C21H32N4O3. The van der Waals surface area contributed by atoms with Gasteiger partial charge in [0.05, 0.1) is 0 Å². The van der Waals surface area contributed by atoms with Crippen molar-refractivity contribution >= 4 is 17.7 Å². The third-order valence-corrected chi connectivity index (χ3v) is 5.37. The molecule has 1 aromatic heterocycles. The van der Waals surface area contributed by atoms with Gasteiger partial charge in [-0.15, -0.1) is 0 Å². The maximum atomic E-state index is 12.8. The van der Waals surface area contributed by atoms with Crippen molar-refractivity contribution in [2.45, 2.75) is 59.5 Å². The van der Waals surface area contributed by atoms with E-state index in [-0.39, 0.29) is 42.0 Å². The highest BCUT2D eigenvalue weighted by molar-refractivity contribution is 5.89. The fraction of sp³-hybridized carbons (Fsp3) is 0.619. The molecule has 2 rings (SSSR count). The van der Waals surface area contributed by atoms with Crippen LogP contribution in [0.15, 0.2) is 24.5 Å². The van der Waals surface area contributed by atoms with E-state index in [9.17, 15) is 14.4 Å². The van der Waals surface area contributed by atoms with Crippen LogP contribution in [0.4, 0.5) is 0 Å². The number of hydrogen-bond acceptors (Lipinski definition) is 4. The van der Waals surface area contributed by atoms with Crippen molar-refractivity contribution in [3.8, 4) is 0 Å². The first kappa shape index (κ1) is 21.9. The summed E-state index contributed by atoms with van der Waals surface area (Å²) in [5, 5.41) is 5.62. The summed E-state index contributed by atoms with van der Waals surface area (Å²) in [6.45, 7) is 9.30. The van der Waals surface area contributed by atoms with Crippen molar-refractivity contribution in [3.05, 3.63) is 30.1 Å². The highest BCUT2D eigenvalue weighted by atomic mass is 16.2. The van der Waals surface area contributed by atoms with Crippen molar-refractivity contribution in [3.63, 3.8) is 0 Å². The van der Waals surface area contributed by atoms with Crippen LogP contribution in [0.3, 0.4) is 0 Å². The smallest absolute Gasteiger partial charge is 0.242 e. The number of pyridine rings is 1. The van der Waals surface area contributed by atoms with Crippen molar-refractivity contribution in [1.29, 1.82) is 0 Å². The van der Waals surface area contributed by atoms with E-state index in [4.69, 9.17) is 0 Å². The summed E-state index contributed by atoms with van der Waals surface area (Å²) in [6.07, 6.45) is 5.07. The lowest BCUT2D eigenvalue weighted by atomic mass is 9.81. The zero-order chi connectivity index (χ0) is 20.7. The summed E-state index contributed by atoms with van der Waals surface area (Å²) in [6, 6.07) is 3.27. The summed E-state index contributed by atoms with van der Waals surface area (Å²) < 4.78 is 0. The molecule has 1 aliphatic rings. The Hall–Kier alpha value is -2.44. The molecule has 2 atom stereocenters. The molecule has 28 heavy (non-hydrogen) atoms. The van der Waals surface area contributed by atoms with Crippen molar-refractivity contribution in [2.75, 3.05) is 13.1 Å². The van der Waals surface area contributed by atoms with Gasteiger partial charge < -0.3 is 15.5 Å². The second kappa shape index (κ2) is 9.66. The highest BCUT2D eigenvalue weighted by Crippen LogP contribution is 2.30. The fourth-order valence-corrected chi connectivity index (χ4v) is 3.13. The Morgan fingerprint density at radius 3 is 2.68 bits per heavy atom. The number of hydrogen-bond donors (Lipinski definition) is 2. The molecular weight excluding hydrogens is 356 g/mol. The van der Waals surface area contributed by atoms with Crippen LogP contribution in [0.1, 0.15) is 52.5 Å². The zero-order valence-electron chi connectivity index (χ0n) is 17.3. The van der Waals surface area contributed by atoms with Crippen LogP contribution in [-0.4, -0.2) is 46.7 Å². The predicted octanol–water partition coefficient (Wildman–Crippen LogP) is 1.88. The van der Waals surface area contributed by atoms with Gasteiger partial charge in [-0.3, -0.25) is 19.4 Å². The van der Waals surface area contributed by atoms with Gasteiger partial charge in [0.2, 0.25) is 17.7 Å². The minimum Gasteiger partial charge on any atom is -0.354 e. The Bertz CT molecular complexity index is 685. The van der Waals surface area contributed by atoms with E-state index < -0.39 is 6.04 Å². The molecule has 0 saturated carbocycles. The van der Waals surface area contributed by atoms with Crippen molar-refractivity contribution in [1.82, 2.24) is 20.5 Å². The number of nitrogens with zero attached hydrogens (tertiary/aromatic N) is 2. The van der Waals surface area contributed by atoms with Gasteiger partial charge in [-0.05, 0) is 29.9 Å². The second-order valence-corrected chi connectivity index (χ2v) is 8.46. The van der Waals surface area contributed by atoms with E-state index in [0.717, 1.165) is 12.0 Å². The minimum atomic E-state index is -0.434. The van der Waals surface area contributed by atoms with Crippen LogP contribution in [0.5, 0.6) is 0 Å². The Labute approximate surface area is 167 Å². The van der Waals surface area contributed by atoms with E-state index in [2.05, 4.69) is 15.6 Å². The van der Waals surface area contributed by atoms with E-state index >= 15 is 0 Å². The number of carbonyl (C=O) groups is 3. The molecule has 1 fully saturated rings. The molecule has 0 spiro atoms. The van der Waals surface area contributed by atoms with E-state index in [1.165, 1.54) is 0 Å². The molecule has 2 heterocycles. The second-order valence-electron chi connectivity index (χ2n) is 8.46. The summed E-state index contributed by atoms with van der Waals surface area (Å²) in [5.41, 5.74) is 0.778. The van der Waals surface area contributed by atoms with Crippen LogP contribution < -0.4 is 10.6 Å². The summed E-state index contributed by atoms with van der Waals surface area (Å²) in [5.74, 6) is -0.435. The molecule has 2 unspecified atom stereocenters. The lowest BCUT2D eigenvalue weighted by Gasteiger charge is -2.32. The molecule has 0 bridgehead atoms. The highest BCUT2D eigenvalue weighted by Gasteiger charge is 2.38. The van der Waals surface area contributed by atoms with Crippen molar-refractivity contribution < 1.29 is 14.4 Å². The molecule has 0 aromatic carbocycles. The van der Waals surface area contributed by atoms with Gasteiger partial charge >= 0.3 is 0 Å². The van der Waals surface area contributed by atoms with E-state index in [1.807, 2.05) is 39.8 Å². The molecule has 7 nitrogen and oxygen atoms in total. The maximum absolute atomic E-state index is 12.8. The molecule has 1 aliphatic heterocycles. The topological polar surface area (TPSA) is 91.4 Å². The molecule has 0 aliphatic carbocycles. The molecule has 0 radical (unpaired) electrons. The van der Waals surface area contributed by atoms with Crippen LogP contribution in [0, 0.1) is 11.3 Å². The first-order valence-corrected chi connectivity index (χ1v) is 9.94. The van der Waals surface area contributed by atoms with Crippen molar-refractivity contribution in [2.24, 2.45) is 11.3 Å². The molecule has 1 saturated heterocycles. The van der Waals surface area contributed by atoms with Gasteiger partial charge in [0.25, 0.3) is 0 Å².